The molecule has 0 radical (unpaired) electrons. The summed E-state index contributed by atoms with van der Waals surface area (Å²) in [6.07, 6.45) is 0. The molecular weight excluding hydrogens is 240 g/mol. The van der Waals surface area contributed by atoms with Crippen LogP contribution in [0, 0.1) is 13.8 Å². The Bertz CT molecular complexity index is 430. The summed E-state index contributed by atoms with van der Waals surface area (Å²) < 4.78 is 11.2. The Balaban J connectivity index is 3.22. The van der Waals surface area contributed by atoms with E-state index in [0.717, 1.165) is 22.4 Å². The largest absolute Gasteiger partial charge is 0.496 e. The van der Waals surface area contributed by atoms with Gasteiger partial charge in [0.2, 0.25) is 0 Å². The summed E-state index contributed by atoms with van der Waals surface area (Å²) in [5.41, 5.74) is 5.87. The van der Waals surface area contributed by atoms with E-state index >= 15 is 0 Å². The van der Waals surface area contributed by atoms with Crippen molar-refractivity contribution in [3.05, 3.63) is 28.8 Å². The molecule has 0 aliphatic carbocycles. The molecule has 0 bridgehead atoms. The van der Waals surface area contributed by atoms with Gasteiger partial charge in [-0.3, -0.25) is 11.3 Å². The number of ether oxygens (including phenoxy) is 2. The second kappa shape index (κ2) is 6.37. The zero-order valence-electron chi connectivity index (χ0n) is 12.8. The molecule has 108 valence electrons. The molecule has 1 unspecified atom stereocenters. The molecule has 1 atom stereocenters. The third kappa shape index (κ3) is 3.47. The van der Waals surface area contributed by atoms with E-state index in [-0.39, 0.29) is 11.6 Å². The molecule has 0 spiro atoms. The van der Waals surface area contributed by atoms with E-state index in [1.807, 2.05) is 33.8 Å². The Hall–Kier alpha value is -1.10. The molecule has 19 heavy (non-hydrogen) atoms. The molecule has 0 fully saturated rings. The zero-order chi connectivity index (χ0) is 14.6. The van der Waals surface area contributed by atoms with Crippen LogP contribution in [-0.4, -0.2) is 19.3 Å². The smallest absolute Gasteiger partial charge is 0.122 e. The first kappa shape index (κ1) is 16.0. The molecule has 0 amide bonds. The van der Waals surface area contributed by atoms with Crippen molar-refractivity contribution in [3.63, 3.8) is 0 Å². The average molecular weight is 266 g/mol. The maximum absolute atomic E-state index is 5.81. The highest BCUT2D eigenvalue weighted by atomic mass is 16.5. The monoisotopic (exact) mass is 266 g/mol. The molecular formula is C15H26N2O2. The lowest BCUT2D eigenvalue weighted by Crippen LogP contribution is -2.45. The number of aryl methyl sites for hydroxylation is 2. The predicted molar refractivity (Wildman–Crippen MR) is 78.2 cm³/mol. The van der Waals surface area contributed by atoms with Crippen LogP contribution in [0.4, 0.5) is 0 Å². The Morgan fingerprint density at radius 3 is 2.37 bits per heavy atom. The van der Waals surface area contributed by atoms with Crippen LogP contribution >= 0.6 is 0 Å². The summed E-state index contributed by atoms with van der Waals surface area (Å²) in [5.74, 6) is 6.64. The van der Waals surface area contributed by atoms with Crippen LogP contribution in [0.1, 0.15) is 43.5 Å². The molecule has 0 heterocycles. The Kier molecular flexibility index (Phi) is 5.35. The minimum Gasteiger partial charge on any atom is -0.496 e. The first-order chi connectivity index (χ1) is 8.87. The molecule has 4 nitrogen and oxygen atoms in total. The van der Waals surface area contributed by atoms with Gasteiger partial charge >= 0.3 is 0 Å². The molecule has 1 aromatic rings. The minimum absolute atomic E-state index is 0.0722. The van der Waals surface area contributed by atoms with E-state index in [1.54, 1.807) is 7.11 Å². The molecule has 0 aromatic heterocycles. The third-order valence-corrected chi connectivity index (χ3v) is 3.47. The van der Waals surface area contributed by atoms with Gasteiger partial charge in [0.1, 0.15) is 5.75 Å². The van der Waals surface area contributed by atoms with Gasteiger partial charge < -0.3 is 9.47 Å². The van der Waals surface area contributed by atoms with E-state index in [0.29, 0.717) is 6.61 Å². The van der Waals surface area contributed by atoms with Crippen molar-refractivity contribution >= 4 is 0 Å². The Labute approximate surface area is 116 Å². The molecule has 1 rings (SSSR count). The van der Waals surface area contributed by atoms with Gasteiger partial charge in [-0.05, 0) is 57.4 Å². The number of benzene rings is 1. The normalized spacial score (nSPS) is 13.4. The number of nitrogens with two attached hydrogens (primary N) is 1. The van der Waals surface area contributed by atoms with Gasteiger partial charge in [-0.1, -0.05) is 6.07 Å². The first-order valence-electron chi connectivity index (χ1n) is 6.62. The van der Waals surface area contributed by atoms with Crippen molar-refractivity contribution in [2.24, 2.45) is 5.84 Å². The van der Waals surface area contributed by atoms with E-state index in [9.17, 15) is 0 Å². The maximum atomic E-state index is 5.81. The van der Waals surface area contributed by atoms with Gasteiger partial charge in [0.25, 0.3) is 0 Å². The van der Waals surface area contributed by atoms with Gasteiger partial charge in [-0.2, -0.15) is 0 Å². The van der Waals surface area contributed by atoms with Crippen molar-refractivity contribution in [1.29, 1.82) is 0 Å². The van der Waals surface area contributed by atoms with E-state index in [1.165, 1.54) is 0 Å². The molecule has 0 saturated heterocycles. The number of hydrazine groups is 1. The van der Waals surface area contributed by atoms with Crippen LogP contribution in [0.15, 0.2) is 12.1 Å². The fraction of sp³-hybridized carbons (Fsp3) is 0.600. The number of hydrogen-bond acceptors (Lipinski definition) is 4. The fourth-order valence-corrected chi connectivity index (χ4v) is 2.46. The second-order valence-electron chi connectivity index (χ2n) is 5.31. The van der Waals surface area contributed by atoms with E-state index in [4.69, 9.17) is 15.3 Å². The standard InChI is InChI=1S/C15H26N2O2/c1-7-19-15(4,5)14(17-16)12-8-11(3)13(18-6)9-10(12)2/h8-9,14,17H,7,16H2,1-6H3. The van der Waals surface area contributed by atoms with Crippen LogP contribution in [0.5, 0.6) is 5.75 Å². The highest BCUT2D eigenvalue weighted by molar-refractivity contribution is 5.43. The lowest BCUT2D eigenvalue weighted by Gasteiger charge is -2.35. The predicted octanol–water partition coefficient (Wildman–Crippen LogP) is 2.63. The molecule has 0 saturated carbocycles. The van der Waals surface area contributed by atoms with Crippen LogP contribution in [-0.2, 0) is 4.74 Å². The first-order valence-corrected chi connectivity index (χ1v) is 6.62. The fourth-order valence-electron chi connectivity index (χ4n) is 2.46. The van der Waals surface area contributed by atoms with Crippen molar-refractivity contribution in [1.82, 2.24) is 5.43 Å². The van der Waals surface area contributed by atoms with Gasteiger partial charge in [0.15, 0.2) is 0 Å². The molecule has 0 aliphatic rings. The van der Waals surface area contributed by atoms with Crippen LogP contribution < -0.4 is 16.0 Å². The van der Waals surface area contributed by atoms with Crippen LogP contribution in [0.25, 0.3) is 0 Å². The van der Waals surface area contributed by atoms with Crippen molar-refractivity contribution < 1.29 is 9.47 Å². The Morgan fingerprint density at radius 2 is 1.89 bits per heavy atom. The maximum Gasteiger partial charge on any atom is 0.122 e. The zero-order valence-corrected chi connectivity index (χ0v) is 12.8. The van der Waals surface area contributed by atoms with Gasteiger partial charge in [0, 0.05) is 6.61 Å². The topological polar surface area (TPSA) is 56.5 Å². The van der Waals surface area contributed by atoms with Gasteiger partial charge in [0.05, 0.1) is 18.8 Å². The van der Waals surface area contributed by atoms with Gasteiger partial charge in [-0.25, -0.2) is 0 Å². The van der Waals surface area contributed by atoms with E-state index < -0.39 is 0 Å². The molecule has 0 aliphatic heterocycles. The summed E-state index contributed by atoms with van der Waals surface area (Å²) in [6, 6.07) is 4.08. The molecule has 3 N–H and O–H groups in total. The molecule has 4 heteroatoms. The van der Waals surface area contributed by atoms with Crippen LogP contribution in [0.2, 0.25) is 0 Å². The lowest BCUT2D eigenvalue weighted by molar-refractivity contribution is -0.0394. The lowest BCUT2D eigenvalue weighted by atomic mass is 9.88. The number of nitrogens with one attached hydrogen (secondary N) is 1. The SMILES string of the molecule is CCOC(C)(C)C(NN)c1cc(C)c(OC)cc1C. The number of methoxy groups -OCH3 is 1. The second-order valence-corrected chi connectivity index (χ2v) is 5.31. The highest BCUT2D eigenvalue weighted by Gasteiger charge is 2.32. The van der Waals surface area contributed by atoms with Gasteiger partial charge in [-0.15, -0.1) is 0 Å². The minimum atomic E-state index is -0.380. The van der Waals surface area contributed by atoms with Crippen molar-refractivity contribution in [2.45, 2.75) is 46.3 Å². The summed E-state index contributed by atoms with van der Waals surface area (Å²) in [5, 5.41) is 0. The third-order valence-electron chi connectivity index (χ3n) is 3.47. The summed E-state index contributed by atoms with van der Waals surface area (Å²) in [6.45, 7) is 10.8. The van der Waals surface area contributed by atoms with Crippen molar-refractivity contribution in [3.8, 4) is 5.75 Å². The highest BCUT2D eigenvalue weighted by Crippen LogP contribution is 2.33. The quantitative estimate of drug-likeness (QED) is 0.614. The Morgan fingerprint density at radius 1 is 1.26 bits per heavy atom. The van der Waals surface area contributed by atoms with E-state index in [2.05, 4.69) is 18.4 Å². The summed E-state index contributed by atoms with van der Waals surface area (Å²) in [7, 11) is 1.68. The van der Waals surface area contributed by atoms with Crippen molar-refractivity contribution in [2.75, 3.05) is 13.7 Å². The summed E-state index contributed by atoms with van der Waals surface area (Å²) in [4.78, 5) is 0. The number of hydrogen-bond donors (Lipinski definition) is 2. The molecule has 1 aromatic carbocycles. The van der Waals surface area contributed by atoms with Crippen LogP contribution in [0.3, 0.4) is 0 Å². The number of rotatable bonds is 6. The summed E-state index contributed by atoms with van der Waals surface area (Å²) >= 11 is 0. The average Bonchev–Trinajstić information content (AvgIpc) is 2.33.